The molecule has 23 heavy (non-hydrogen) atoms. The fourth-order valence-electron chi connectivity index (χ4n) is 3.19. The van der Waals surface area contributed by atoms with E-state index in [0.29, 0.717) is 5.69 Å². The monoisotopic (exact) mass is 312 g/mol. The first kappa shape index (κ1) is 15.7. The maximum absolute atomic E-state index is 12.7. The molecule has 0 radical (unpaired) electrons. The zero-order chi connectivity index (χ0) is 16.2. The Bertz CT molecular complexity index is 694. The predicted octanol–water partition coefficient (Wildman–Crippen LogP) is 3.15. The average molecular weight is 312 g/mol. The Morgan fingerprint density at radius 1 is 1.17 bits per heavy atom. The summed E-state index contributed by atoms with van der Waals surface area (Å²) in [4.78, 5) is 14.7. The number of hydrogen-bond acceptors (Lipinski definition) is 4. The summed E-state index contributed by atoms with van der Waals surface area (Å²) < 4.78 is 0. The lowest BCUT2D eigenvalue weighted by atomic mass is 9.95. The number of aromatic nitrogens is 2. The van der Waals surface area contributed by atoms with Gasteiger partial charge in [-0.15, -0.1) is 10.2 Å². The molecule has 2 aromatic rings. The first-order valence-corrected chi connectivity index (χ1v) is 8.48. The van der Waals surface area contributed by atoms with Crippen molar-refractivity contribution in [2.45, 2.75) is 45.1 Å². The van der Waals surface area contributed by atoms with Gasteiger partial charge < -0.3 is 10.2 Å². The van der Waals surface area contributed by atoms with Crippen LogP contribution in [0, 0.1) is 0 Å². The molecule has 122 valence electrons. The molecule has 0 unspecified atom stereocenters. The lowest BCUT2D eigenvalue weighted by Crippen LogP contribution is -2.37. The highest BCUT2D eigenvalue weighted by atomic mass is 16.2. The van der Waals surface area contributed by atoms with E-state index >= 15 is 0 Å². The highest BCUT2D eigenvalue weighted by Crippen LogP contribution is 2.25. The van der Waals surface area contributed by atoms with E-state index in [1.807, 2.05) is 36.2 Å². The molecule has 5 heteroatoms. The zero-order valence-electron chi connectivity index (χ0n) is 13.9. The van der Waals surface area contributed by atoms with E-state index < -0.39 is 0 Å². The second-order valence-corrected chi connectivity index (χ2v) is 6.24. The second-order valence-electron chi connectivity index (χ2n) is 6.24. The summed E-state index contributed by atoms with van der Waals surface area (Å²) >= 11 is 0. The Morgan fingerprint density at radius 2 is 1.87 bits per heavy atom. The van der Waals surface area contributed by atoms with Crippen LogP contribution in [0.4, 0.5) is 5.82 Å². The number of benzene rings is 1. The van der Waals surface area contributed by atoms with Gasteiger partial charge >= 0.3 is 0 Å². The summed E-state index contributed by atoms with van der Waals surface area (Å²) in [6, 6.07) is 8.14. The molecule has 0 saturated heterocycles. The van der Waals surface area contributed by atoms with Gasteiger partial charge in [0.2, 0.25) is 0 Å². The molecule has 1 amide bonds. The molecular weight excluding hydrogens is 288 g/mol. The van der Waals surface area contributed by atoms with Gasteiger partial charge in [0, 0.05) is 30.4 Å². The van der Waals surface area contributed by atoms with Crippen LogP contribution in [0.25, 0.3) is 10.8 Å². The molecule has 0 bridgehead atoms. The van der Waals surface area contributed by atoms with Crippen molar-refractivity contribution in [3.63, 3.8) is 0 Å². The van der Waals surface area contributed by atoms with Crippen LogP contribution in [-0.4, -0.2) is 35.7 Å². The number of carbonyl (C=O) groups excluding carboxylic acids is 1. The molecule has 1 aromatic heterocycles. The van der Waals surface area contributed by atoms with Crippen LogP contribution in [0.2, 0.25) is 0 Å². The molecule has 1 aliphatic rings. The highest BCUT2D eigenvalue weighted by Gasteiger charge is 2.21. The average Bonchev–Trinajstić information content (AvgIpc) is 2.61. The Labute approximate surface area is 137 Å². The molecule has 0 atom stereocenters. The normalized spacial score (nSPS) is 15.6. The summed E-state index contributed by atoms with van der Waals surface area (Å²) in [5.41, 5.74) is 0.430. The van der Waals surface area contributed by atoms with Crippen molar-refractivity contribution in [1.29, 1.82) is 0 Å². The van der Waals surface area contributed by atoms with E-state index in [1.165, 1.54) is 19.3 Å². The summed E-state index contributed by atoms with van der Waals surface area (Å²) in [5, 5.41) is 13.5. The summed E-state index contributed by atoms with van der Waals surface area (Å²) in [7, 11) is 1.98. The number of amides is 1. The molecule has 1 N–H and O–H groups in total. The molecule has 1 aromatic carbocycles. The molecule has 0 spiro atoms. The minimum absolute atomic E-state index is 0.105. The standard InChI is InChI=1S/C18H24N4O/c1-3-22(2)17-15-12-8-7-11-14(15)16(20-21-17)18(23)19-13-9-5-4-6-10-13/h7-8,11-13H,3-6,9-10H2,1-2H3,(H,19,23). The van der Waals surface area contributed by atoms with Crippen molar-refractivity contribution in [1.82, 2.24) is 15.5 Å². The van der Waals surface area contributed by atoms with E-state index in [2.05, 4.69) is 22.4 Å². The largest absolute Gasteiger partial charge is 0.358 e. The molecular formula is C18H24N4O. The number of anilines is 1. The third-order valence-electron chi connectivity index (χ3n) is 4.66. The predicted molar refractivity (Wildman–Crippen MR) is 92.8 cm³/mol. The van der Waals surface area contributed by atoms with Crippen LogP contribution in [-0.2, 0) is 0 Å². The van der Waals surface area contributed by atoms with Gasteiger partial charge in [-0.25, -0.2) is 0 Å². The van der Waals surface area contributed by atoms with E-state index in [1.54, 1.807) is 0 Å². The van der Waals surface area contributed by atoms with Crippen LogP contribution in [0.5, 0.6) is 0 Å². The molecule has 1 saturated carbocycles. The number of rotatable bonds is 4. The fourth-order valence-corrected chi connectivity index (χ4v) is 3.19. The van der Waals surface area contributed by atoms with E-state index in [4.69, 9.17) is 0 Å². The van der Waals surface area contributed by atoms with Crippen LogP contribution in [0.1, 0.15) is 49.5 Å². The van der Waals surface area contributed by atoms with Gasteiger partial charge in [0.25, 0.3) is 5.91 Å². The lowest BCUT2D eigenvalue weighted by molar-refractivity contribution is 0.0923. The number of nitrogens with one attached hydrogen (secondary N) is 1. The minimum atomic E-state index is -0.105. The van der Waals surface area contributed by atoms with Crippen molar-refractivity contribution in [2.75, 3.05) is 18.5 Å². The topological polar surface area (TPSA) is 58.1 Å². The van der Waals surface area contributed by atoms with Gasteiger partial charge in [-0.1, -0.05) is 43.5 Å². The van der Waals surface area contributed by atoms with E-state index in [-0.39, 0.29) is 11.9 Å². The number of hydrogen-bond donors (Lipinski definition) is 1. The third-order valence-corrected chi connectivity index (χ3v) is 4.66. The molecule has 5 nitrogen and oxygen atoms in total. The van der Waals surface area contributed by atoms with Crippen molar-refractivity contribution in [3.05, 3.63) is 30.0 Å². The number of carbonyl (C=O) groups is 1. The zero-order valence-corrected chi connectivity index (χ0v) is 13.9. The first-order chi connectivity index (χ1) is 11.2. The summed E-state index contributed by atoms with van der Waals surface area (Å²) in [5.74, 6) is 0.712. The molecule has 1 heterocycles. The van der Waals surface area contributed by atoms with E-state index in [9.17, 15) is 4.79 Å². The van der Waals surface area contributed by atoms with Gasteiger partial charge in [-0.05, 0) is 19.8 Å². The van der Waals surface area contributed by atoms with Crippen LogP contribution in [0.15, 0.2) is 24.3 Å². The number of nitrogens with zero attached hydrogens (tertiary/aromatic N) is 3. The Morgan fingerprint density at radius 3 is 2.57 bits per heavy atom. The fraction of sp³-hybridized carbons (Fsp3) is 0.500. The van der Waals surface area contributed by atoms with Gasteiger partial charge in [-0.2, -0.15) is 0 Å². The van der Waals surface area contributed by atoms with Crippen molar-refractivity contribution in [3.8, 4) is 0 Å². The van der Waals surface area contributed by atoms with Gasteiger partial charge in [0.1, 0.15) is 0 Å². The lowest BCUT2D eigenvalue weighted by Gasteiger charge is -2.23. The quantitative estimate of drug-likeness (QED) is 0.942. The van der Waals surface area contributed by atoms with Gasteiger partial charge in [0.05, 0.1) is 0 Å². The first-order valence-electron chi connectivity index (χ1n) is 8.48. The summed E-state index contributed by atoms with van der Waals surface area (Å²) in [6.07, 6.45) is 5.78. The van der Waals surface area contributed by atoms with E-state index in [0.717, 1.165) is 36.0 Å². The molecule has 1 aliphatic carbocycles. The van der Waals surface area contributed by atoms with Crippen LogP contribution in [0.3, 0.4) is 0 Å². The Balaban J connectivity index is 1.93. The van der Waals surface area contributed by atoms with Crippen molar-refractivity contribution >= 4 is 22.5 Å². The number of fused-ring (bicyclic) bond motifs is 1. The Hall–Kier alpha value is -2.17. The molecule has 0 aliphatic heterocycles. The third kappa shape index (κ3) is 3.28. The van der Waals surface area contributed by atoms with Crippen LogP contribution >= 0.6 is 0 Å². The van der Waals surface area contributed by atoms with Crippen molar-refractivity contribution in [2.24, 2.45) is 0 Å². The molecule has 1 fully saturated rings. The summed E-state index contributed by atoms with van der Waals surface area (Å²) in [6.45, 7) is 2.91. The minimum Gasteiger partial charge on any atom is -0.358 e. The Kier molecular flexibility index (Phi) is 4.74. The maximum atomic E-state index is 12.7. The molecule has 3 rings (SSSR count). The SMILES string of the molecule is CCN(C)c1nnc(C(=O)NC2CCCCC2)c2ccccc12. The second kappa shape index (κ2) is 6.94. The van der Waals surface area contributed by atoms with Crippen LogP contribution < -0.4 is 10.2 Å². The highest BCUT2D eigenvalue weighted by molar-refractivity contribution is 6.07. The smallest absolute Gasteiger partial charge is 0.272 e. The van der Waals surface area contributed by atoms with Crippen molar-refractivity contribution < 1.29 is 4.79 Å². The van der Waals surface area contributed by atoms with Gasteiger partial charge in [-0.3, -0.25) is 4.79 Å². The van der Waals surface area contributed by atoms with Gasteiger partial charge in [0.15, 0.2) is 11.5 Å². The maximum Gasteiger partial charge on any atom is 0.272 e.